The van der Waals surface area contributed by atoms with E-state index in [2.05, 4.69) is 13.8 Å². The van der Waals surface area contributed by atoms with Gasteiger partial charge >= 0.3 is 0 Å². The van der Waals surface area contributed by atoms with Crippen LogP contribution in [0.4, 0.5) is 4.39 Å². The summed E-state index contributed by atoms with van der Waals surface area (Å²) in [5, 5.41) is 9.91. The van der Waals surface area contributed by atoms with Gasteiger partial charge in [-0.15, -0.1) is 0 Å². The summed E-state index contributed by atoms with van der Waals surface area (Å²) >= 11 is 5.98. The molecular formula is C13H18ClFO. The average Bonchev–Trinajstić information content (AvgIpc) is 2.29. The second-order valence-electron chi connectivity index (χ2n) is 4.28. The zero-order valence-electron chi connectivity index (χ0n) is 9.76. The van der Waals surface area contributed by atoms with E-state index in [1.807, 2.05) is 0 Å². The maximum atomic E-state index is 12.9. The van der Waals surface area contributed by atoms with E-state index in [-0.39, 0.29) is 17.8 Å². The SMILES string of the molecule is CCC(CC)(CO)Cc1ccc(F)cc1Cl. The summed E-state index contributed by atoms with van der Waals surface area (Å²) in [5.74, 6) is -0.323. The number of aliphatic hydroxyl groups excluding tert-OH is 1. The summed E-state index contributed by atoms with van der Waals surface area (Å²) < 4.78 is 12.9. The highest BCUT2D eigenvalue weighted by molar-refractivity contribution is 6.31. The molecular weight excluding hydrogens is 227 g/mol. The molecule has 1 rings (SSSR count). The summed E-state index contributed by atoms with van der Waals surface area (Å²) in [5.41, 5.74) is 0.766. The number of hydrogen-bond donors (Lipinski definition) is 1. The van der Waals surface area contributed by atoms with Gasteiger partial charge in [-0.2, -0.15) is 0 Å². The number of aliphatic hydroxyl groups is 1. The molecule has 1 aromatic carbocycles. The Bertz CT molecular complexity index is 340. The van der Waals surface area contributed by atoms with Crippen LogP contribution < -0.4 is 0 Å². The monoisotopic (exact) mass is 244 g/mol. The third kappa shape index (κ3) is 2.96. The molecule has 0 fully saturated rings. The van der Waals surface area contributed by atoms with Crippen LogP contribution in [0.2, 0.25) is 5.02 Å². The van der Waals surface area contributed by atoms with Gasteiger partial charge in [0.1, 0.15) is 5.82 Å². The molecule has 0 saturated carbocycles. The predicted molar refractivity (Wildman–Crippen MR) is 65.2 cm³/mol. The third-order valence-electron chi connectivity index (χ3n) is 3.42. The van der Waals surface area contributed by atoms with Crippen LogP contribution in [0.1, 0.15) is 32.3 Å². The van der Waals surface area contributed by atoms with Gasteiger partial charge < -0.3 is 5.11 Å². The highest BCUT2D eigenvalue weighted by atomic mass is 35.5. The van der Waals surface area contributed by atoms with E-state index in [4.69, 9.17) is 11.6 Å². The van der Waals surface area contributed by atoms with Gasteiger partial charge in [0.05, 0.1) is 0 Å². The van der Waals surface area contributed by atoms with Crippen molar-refractivity contribution in [3.8, 4) is 0 Å². The van der Waals surface area contributed by atoms with Crippen molar-refractivity contribution < 1.29 is 9.50 Å². The molecule has 0 saturated heterocycles. The van der Waals surface area contributed by atoms with Crippen LogP contribution in [0, 0.1) is 11.2 Å². The summed E-state index contributed by atoms with van der Waals surface area (Å²) in [4.78, 5) is 0. The molecule has 0 unspecified atom stereocenters. The van der Waals surface area contributed by atoms with Crippen LogP contribution in [0.3, 0.4) is 0 Å². The molecule has 0 spiro atoms. The summed E-state index contributed by atoms with van der Waals surface area (Å²) in [6, 6.07) is 4.44. The molecule has 0 aliphatic carbocycles. The summed E-state index contributed by atoms with van der Waals surface area (Å²) in [7, 11) is 0. The maximum absolute atomic E-state index is 12.9. The van der Waals surface area contributed by atoms with Gasteiger partial charge in [-0.1, -0.05) is 31.5 Å². The van der Waals surface area contributed by atoms with Crippen LogP contribution >= 0.6 is 11.6 Å². The first-order valence-electron chi connectivity index (χ1n) is 5.61. The van der Waals surface area contributed by atoms with Gasteiger partial charge in [0, 0.05) is 11.6 Å². The summed E-state index contributed by atoms with van der Waals surface area (Å²) in [6.07, 6.45) is 2.46. The lowest BCUT2D eigenvalue weighted by atomic mass is 9.78. The Morgan fingerprint density at radius 1 is 1.31 bits per heavy atom. The van der Waals surface area contributed by atoms with Crippen LogP contribution in [0.25, 0.3) is 0 Å². The van der Waals surface area contributed by atoms with Crippen LogP contribution in [0.5, 0.6) is 0 Å². The fourth-order valence-corrected chi connectivity index (χ4v) is 2.08. The van der Waals surface area contributed by atoms with E-state index < -0.39 is 0 Å². The van der Waals surface area contributed by atoms with Crippen molar-refractivity contribution >= 4 is 11.6 Å². The van der Waals surface area contributed by atoms with Gasteiger partial charge in [-0.05, 0) is 42.4 Å². The van der Waals surface area contributed by atoms with Gasteiger partial charge in [-0.3, -0.25) is 0 Å². The topological polar surface area (TPSA) is 20.2 Å². The molecule has 0 bridgehead atoms. The molecule has 1 nitrogen and oxygen atoms in total. The Balaban J connectivity index is 2.93. The van der Waals surface area contributed by atoms with Crippen LogP contribution in [-0.2, 0) is 6.42 Å². The smallest absolute Gasteiger partial charge is 0.124 e. The zero-order chi connectivity index (χ0) is 12.2. The Kier molecular flexibility index (Phi) is 4.75. The molecule has 3 heteroatoms. The summed E-state index contributed by atoms with van der Waals surface area (Å²) in [6.45, 7) is 4.24. The molecule has 90 valence electrons. The Morgan fingerprint density at radius 3 is 2.38 bits per heavy atom. The number of hydrogen-bond acceptors (Lipinski definition) is 1. The minimum absolute atomic E-state index is 0.133. The number of halogens is 2. The molecule has 0 aromatic heterocycles. The Hall–Kier alpha value is -0.600. The Morgan fingerprint density at radius 2 is 1.94 bits per heavy atom. The largest absolute Gasteiger partial charge is 0.396 e. The molecule has 0 amide bonds. The number of benzene rings is 1. The first kappa shape index (κ1) is 13.5. The van der Waals surface area contributed by atoms with E-state index in [1.54, 1.807) is 6.07 Å². The van der Waals surface area contributed by atoms with Crippen LogP contribution in [0.15, 0.2) is 18.2 Å². The standard InChI is InChI=1S/C13H18ClFO/c1-3-13(4-2,9-16)8-10-5-6-11(15)7-12(10)14/h5-7,16H,3-4,8-9H2,1-2H3. The fraction of sp³-hybridized carbons (Fsp3) is 0.538. The molecule has 0 aliphatic rings. The van der Waals surface area contributed by atoms with Crippen molar-refractivity contribution in [2.45, 2.75) is 33.1 Å². The lowest BCUT2D eigenvalue weighted by Crippen LogP contribution is -2.26. The minimum Gasteiger partial charge on any atom is -0.396 e. The quantitative estimate of drug-likeness (QED) is 0.835. The van der Waals surface area contributed by atoms with E-state index in [9.17, 15) is 9.50 Å². The second kappa shape index (κ2) is 5.65. The van der Waals surface area contributed by atoms with Gasteiger partial charge in [0.25, 0.3) is 0 Å². The fourth-order valence-electron chi connectivity index (χ4n) is 1.85. The van der Waals surface area contributed by atoms with E-state index in [1.165, 1.54) is 12.1 Å². The van der Waals surface area contributed by atoms with Gasteiger partial charge in [0.15, 0.2) is 0 Å². The van der Waals surface area contributed by atoms with E-state index >= 15 is 0 Å². The molecule has 16 heavy (non-hydrogen) atoms. The normalized spacial score (nSPS) is 11.8. The molecule has 0 aliphatic heterocycles. The minimum atomic E-state index is -0.323. The molecule has 0 atom stereocenters. The van der Waals surface area contributed by atoms with Crippen molar-refractivity contribution in [1.29, 1.82) is 0 Å². The van der Waals surface area contributed by atoms with Crippen molar-refractivity contribution in [3.63, 3.8) is 0 Å². The Labute approximate surface area is 101 Å². The van der Waals surface area contributed by atoms with E-state index in [0.717, 1.165) is 18.4 Å². The van der Waals surface area contributed by atoms with E-state index in [0.29, 0.717) is 11.4 Å². The maximum Gasteiger partial charge on any atom is 0.124 e. The molecule has 0 radical (unpaired) electrons. The zero-order valence-corrected chi connectivity index (χ0v) is 10.5. The van der Waals surface area contributed by atoms with Crippen LogP contribution in [-0.4, -0.2) is 11.7 Å². The van der Waals surface area contributed by atoms with Gasteiger partial charge in [-0.25, -0.2) is 4.39 Å². The van der Waals surface area contributed by atoms with Crippen molar-refractivity contribution in [2.24, 2.45) is 5.41 Å². The first-order valence-corrected chi connectivity index (χ1v) is 5.99. The first-order chi connectivity index (χ1) is 7.56. The molecule has 1 N–H and O–H groups in total. The number of rotatable bonds is 5. The van der Waals surface area contributed by atoms with Crippen molar-refractivity contribution in [1.82, 2.24) is 0 Å². The molecule has 0 heterocycles. The third-order valence-corrected chi connectivity index (χ3v) is 3.77. The predicted octanol–water partition coefficient (Wildman–Crippen LogP) is 3.82. The lowest BCUT2D eigenvalue weighted by molar-refractivity contribution is 0.115. The molecule has 1 aromatic rings. The second-order valence-corrected chi connectivity index (χ2v) is 4.68. The highest BCUT2D eigenvalue weighted by Gasteiger charge is 2.26. The van der Waals surface area contributed by atoms with Crippen molar-refractivity contribution in [2.75, 3.05) is 6.61 Å². The average molecular weight is 245 g/mol. The van der Waals surface area contributed by atoms with Crippen molar-refractivity contribution in [3.05, 3.63) is 34.6 Å². The van der Waals surface area contributed by atoms with Gasteiger partial charge in [0.2, 0.25) is 0 Å². The highest BCUT2D eigenvalue weighted by Crippen LogP contribution is 2.33. The lowest BCUT2D eigenvalue weighted by Gasteiger charge is -2.29.